The first-order valence-electron chi connectivity index (χ1n) is 6.94. The van der Waals surface area contributed by atoms with Gasteiger partial charge in [-0.2, -0.15) is 0 Å². The van der Waals surface area contributed by atoms with Gasteiger partial charge in [-0.1, -0.05) is 41.9 Å². The molecule has 1 atom stereocenters. The Bertz CT molecular complexity index is 706. The van der Waals surface area contributed by atoms with Gasteiger partial charge in [-0.25, -0.2) is 9.18 Å². The summed E-state index contributed by atoms with van der Waals surface area (Å²) in [6, 6.07) is 12.7. The van der Waals surface area contributed by atoms with Crippen LogP contribution in [-0.2, 0) is 9.53 Å². The van der Waals surface area contributed by atoms with Gasteiger partial charge in [-0.05, 0) is 30.7 Å². The average molecular weight is 336 g/mol. The van der Waals surface area contributed by atoms with Gasteiger partial charge in [0.05, 0.1) is 11.6 Å². The van der Waals surface area contributed by atoms with E-state index in [1.807, 2.05) is 37.3 Å². The molecular weight excluding hydrogens is 321 g/mol. The maximum Gasteiger partial charge on any atom is 0.341 e. The van der Waals surface area contributed by atoms with Gasteiger partial charge in [0, 0.05) is 5.02 Å². The smallest absolute Gasteiger partial charge is 0.341 e. The quantitative estimate of drug-likeness (QED) is 0.851. The van der Waals surface area contributed by atoms with Gasteiger partial charge < -0.3 is 10.1 Å². The summed E-state index contributed by atoms with van der Waals surface area (Å²) in [7, 11) is 0. The molecule has 0 bridgehead atoms. The predicted molar refractivity (Wildman–Crippen MR) is 84.7 cm³/mol. The molecule has 0 saturated heterocycles. The molecule has 0 saturated carbocycles. The molecule has 2 aromatic carbocycles. The van der Waals surface area contributed by atoms with Crippen LogP contribution in [-0.4, -0.2) is 18.5 Å². The zero-order chi connectivity index (χ0) is 16.8. The Morgan fingerprint density at radius 2 is 1.91 bits per heavy atom. The van der Waals surface area contributed by atoms with Crippen molar-refractivity contribution in [2.75, 3.05) is 6.61 Å². The minimum Gasteiger partial charge on any atom is -0.452 e. The van der Waals surface area contributed by atoms with Crippen LogP contribution in [0.5, 0.6) is 0 Å². The fraction of sp³-hybridized carbons (Fsp3) is 0.176. The van der Waals surface area contributed by atoms with Crippen LogP contribution in [0.15, 0.2) is 48.5 Å². The number of hydrogen-bond donors (Lipinski definition) is 1. The molecule has 2 aromatic rings. The fourth-order valence-electron chi connectivity index (χ4n) is 1.97. The lowest BCUT2D eigenvalue weighted by molar-refractivity contribution is -0.124. The summed E-state index contributed by atoms with van der Waals surface area (Å²) in [4.78, 5) is 23.6. The Hall–Kier alpha value is -2.40. The van der Waals surface area contributed by atoms with Crippen LogP contribution in [0.25, 0.3) is 0 Å². The molecule has 2 rings (SSSR count). The Morgan fingerprint density at radius 3 is 2.57 bits per heavy atom. The Morgan fingerprint density at radius 1 is 1.22 bits per heavy atom. The number of benzene rings is 2. The van der Waals surface area contributed by atoms with Crippen LogP contribution in [0.2, 0.25) is 5.02 Å². The number of amides is 1. The maximum absolute atomic E-state index is 13.6. The van der Waals surface area contributed by atoms with E-state index in [1.54, 1.807) is 0 Å². The highest BCUT2D eigenvalue weighted by molar-refractivity contribution is 6.30. The molecule has 6 heteroatoms. The van der Waals surface area contributed by atoms with Crippen molar-refractivity contribution in [2.45, 2.75) is 13.0 Å². The standard InChI is InChI=1S/C17H15ClFNO3/c1-11(12-5-3-2-4-6-12)20-16(21)10-23-17(22)14-8-7-13(18)9-15(14)19/h2-9,11H,10H2,1H3,(H,20,21). The molecule has 120 valence electrons. The maximum atomic E-state index is 13.6. The predicted octanol–water partition coefficient (Wildman–Crippen LogP) is 3.51. The molecule has 0 heterocycles. The van der Waals surface area contributed by atoms with Gasteiger partial charge in [0.25, 0.3) is 5.91 Å². The van der Waals surface area contributed by atoms with Crippen molar-refractivity contribution in [3.63, 3.8) is 0 Å². The number of carbonyl (C=O) groups excluding carboxylic acids is 2. The van der Waals surface area contributed by atoms with Crippen LogP contribution in [0.3, 0.4) is 0 Å². The number of nitrogens with one attached hydrogen (secondary N) is 1. The van der Waals surface area contributed by atoms with Crippen molar-refractivity contribution in [3.05, 3.63) is 70.5 Å². The number of ether oxygens (including phenoxy) is 1. The van der Waals surface area contributed by atoms with Crippen molar-refractivity contribution >= 4 is 23.5 Å². The summed E-state index contributed by atoms with van der Waals surface area (Å²) in [6.45, 7) is 1.33. The molecule has 0 aliphatic heterocycles. The van der Waals surface area contributed by atoms with E-state index >= 15 is 0 Å². The highest BCUT2D eigenvalue weighted by atomic mass is 35.5. The monoisotopic (exact) mass is 335 g/mol. The lowest BCUT2D eigenvalue weighted by Gasteiger charge is -2.14. The van der Waals surface area contributed by atoms with E-state index in [1.165, 1.54) is 12.1 Å². The third-order valence-corrected chi connectivity index (χ3v) is 3.40. The van der Waals surface area contributed by atoms with Crippen molar-refractivity contribution in [1.82, 2.24) is 5.32 Å². The number of hydrogen-bond acceptors (Lipinski definition) is 3. The van der Waals surface area contributed by atoms with Crippen LogP contribution in [0.4, 0.5) is 4.39 Å². The van der Waals surface area contributed by atoms with E-state index in [9.17, 15) is 14.0 Å². The Balaban J connectivity index is 1.88. The zero-order valence-electron chi connectivity index (χ0n) is 12.4. The lowest BCUT2D eigenvalue weighted by atomic mass is 10.1. The summed E-state index contributed by atoms with van der Waals surface area (Å²) < 4.78 is 18.4. The summed E-state index contributed by atoms with van der Waals surface area (Å²) in [5, 5.41) is 2.87. The minimum absolute atomic E-state index is 0.175. The molecule has 0 radical (unpaired) electrons. The summed E-state index contributed by atoms with van der Waals surface area (Å²) >= 11 is 5.61. The first-order chi connectivity index (χ1) is 11.0. The normalized spacial score (nSPS) is 11.6. The Labute approximate surface area is 138 Å². The van der Waals surface area contributed by atoms with Gasteiger partial charge >= 0.3 is 5.97 Å². The second kappa shape index (κ2) is 7.74. The molecule has 0 fully saturated rings. The van der Waals surface area contributed by atoms with Gasteiger partial charge in [0.2, 0.25) is 0 Å². The average Bonchev–Trinajstić information content (AvgIpc) is 2.53. The molecule has 1 unspecified atom stereocenters. The van der Waals surface area contributed by atoms with Crippen LogP contribution < -0.4 is 5.32 Å². The summed E-state index contributed by atoms with van der Waals surface area (Å²) in [5.41, 5.74) is 0.661. The van der Waals surface area contributed by atoms with E-state index in [0.29, 0.717) is 0 Å². The lowest BCUT2D eigenvalue weighted by Crippen LogP contribution is -2.31. The van der Waals surface area contributed by atoms with Gasteiger partial charge in [0.1, 0.15) is 5.82 Å². The number of rotatable bonds is 5. The summed E-state index contributed by atoms with van der Waals surface area (Å²) in [6.07, 6.45) is 0. The molecule has 4 nitrogen and oxygen atoms in total. The molecule has 23 heavy (non-hydrogen) atoms. The molecule has 0 aliphatic rings. The van der Waals surface area contributed by atoms with Crippen molar-refractivity contribution < 1.29 is 18.7 Å². The van der Waals surface area contributed by atoms with Crippen LogP contribution >= 0.6 is 11.6 Å². The topological polar surface area (TPSA) is 55.4 Å². The highest BCUT2D eigenvalue weighted by Crippen LogP contribution is 2.15. The second-order valence-corrected chi connectivity index (χ2v) is 5.34. The number of carbonyl (C=O) groups is 2. The van der Waals surface area contributed by atoms with Gasteiger partial charge in [-0.3, -0.25) is 4.79 Å². The molecule has 1 N–H and O–H groups in total. The Kier molecular flexibility index (Phi) is 5.71. The number of halogens is 2. The van der Waals surface area contributed by atoms with Crippen molar-refractivity contribution in [2.24, 2.45) is 0 Å². The van der Waals surface area contributed by atoms with Crippen molar-refractivity contribution in [1.29, 1.82) is 0 Å². The minimum atomic E-state index is -0.915. The van der Waals surface area contributed by atoms with E-state index in [2.05, 4.69) is 5.32 Å². The van der Waals surface area contributed by atoms with Crippen LogP contribution in [0.1, 0.15) is 28.9 Å². The van der Waals surface area contributed by atoms with E-state index in [0.717, 1.165) is 11.6 Å². The van der Waals surface area contributed by atoms with Crippen molar-refractivity contribution in [3.8, 4) is 0 Å². The molecule has 0 aromatic heterocycles. The molecular formula is C17H15ClFNO3. The number of esters is 1. The molecule has 0 spiro atoms. The second-order valence-electron chi connectivity index (χ2n) is 4.90. The first kappa shape index (κ1) is 17.0. The van der Waals surface area contributed by atoms with E-state index < -0.39 is 24.3 Å². The van der Waals surface area contributed by atoms with E-state index in [4.69, 9.17) is 16.3 Å². The summed E-state index contributed by atoms with van der Waals surface area (Å²) in [5.74, 6) is -2.17. The molecule has 1 amide bonds. The first-order valence-corrected chi connectivity index (χ1v) is 7.31. The molecule has 0 aliphatic carbocycles. The third-order valence-electron chi connectivity index (χ3n) is 3.16. The van der Waals surface area contributed by atoms with Gasteiger partial charge in [0.15, 0.2) is 6.61 Å². The third kappa shape index (κ3) is 4.79. The van der Waals surface area contributed by atoms with Crippen LogP contribution in [0, 0.1) is 5.82 Å². The highest BCUT2D eigenvalue weighted by Gasteiger charge is 2.16. The van der Waals surface area contributed by atoms with Gasteiger partial charge in [-0.15, -0.1) is 0 Å². The SMILES string of the molecule is CC(NC(=O)COC(=O)c1ccc(Cl)cc1F)c1ccccc1. The zero-order valence-corrected chi connectivity index (χ0v) is 13.1. The fourth-order valence-corrected chi connectivity index (χ4v) is 2.13. The largest absolute Gasteiger partial charge is 0.452 e. The van der Waals surface area contributed by atoms with E-state index in [-0.39, 0.29) is 16.6 Å².